The molecular weight excluding hydrogens is 484 g/mol. The molecule has 2 N–H and O–H groups in total. The maximum Gasteiger partial charge on any atom is 0.256 e. The maximum absolute atomic E-state index is 14.1. The number of likely N-dealkylation sites (tertiary alicyclic amines) is 1. The molecule has 0 radical (unpaired) electrons. The molecule has 6 nitrogen and oxygen atoms in total. The Morgan fingerprint density at radius 1 is 1.19 bits per heavy atom. The zero-order valence-electron chi connectivity index (χ0n) is 20.0. The highest BCUT2D eigenvalue weighted by atomic mass is 32.1. The summed E-state index contributed by atoms with van der Waals surface area (Å²) in [6, 6.07) is 9.46. The van der Waals surface area contributed by atoms with Gasteiger partial charge in [-0.15, -0.1) is 11.3 Å². The van der Waals surface area contributed by atoms with Gasteiger partial charge in [-0.25, -0.2) is 13.8 Å². The Morgan fingerprint density at radius 2 is 1.92 bits per heavy atom. The number of hydrogen-bond donors (Lipinski definition) is 2. The van der Waals surface area contributed by atoms with Crippen molar-refractivity contribution >= 4 is 22.9 Å². The first-order chi connectivity index (χ1) is 17.3. The van der Waals surface area contributed by atoms with Crippen molar-refractivity contribution in [3.63, 3.8) is 0 Å². The minimum Gasteiger partial charge on any atom is -0.378 e. The number of hydroxylamine groups is 1. The van der Waals surface area contributed by atoms with E-state index in [1.54, 1.807) is 11.0 Å². The van der Waals surface area contributed by atoms with Crippen LogP contribution in [-0.4, -0.2) is 34.0 Å². The number of nitrogens with one attached hydrogen (secondary N) is 1. The van der Waals surface area contributed by atoms with Crippen LogP contribution in [0.1, 0.15) is 63.9 Å². The molecule has 2 atom stereocenters. The topological polar surface area (TPSA) is 74.7 Å². The Hall–Kier alpha value is -3.14. The van der Waals surface area contributed by atoms with Crippen LogP contribution in [0.15, 0.2) is 47.9 Å². The Bertz CT molecular complexity index is 1300. The second-order valence-corrected chi connectivity index (χ2v) is 10.2. The fraction of sp³-hybridized carbons (Fsp3) is 0.333. The lowest BCUT2D eigenvalue weighted by molar-refractivity contribution is -0.141. The number of halogens is 2. The Labute approximate surface area is 212 Å². The number of nitrogens with zero attached hydrogens (tertiary/aromatic N) is 2. The summed E-state index contributed by atoms with van der Waals surface area (Å²) in [7, 11) is 0. The van der Waals surface area contributed by atoms with Crippen molar-refractivity contribution in [2.45, 2.75) is 44.8 Å². The number of aryl methyl sites for hydroxylation is 2. The lowest BCUT2D eigenvalue weighted by Crippen LogP contribution is -2.40. The van der Waals surface area contributed by atoms with Crippen LogP contribution in [0.5, 0.6) is 0 Å². The molecular formula is C27H27F2N3O3S. The van der Waals surface area contributed by atoms with Gasteiger partial charge in [0.2, 0.25) is 0 Å². The Balaban J connectivity index is 1.22. The molecule has 1 amide bonds. The van der Waals surface area contributed by atoms with Crippen LogP contribution in [0.2, 0.25) is 0 Å². The van der Waals surface area contributed by atoms with Crippen molar-refractivity contribution in [3.8, 4) is 0 Å². The number of piperidine rings is 1. The van der Waals surface area contributed by atoms with E-state index in [-0.39, 0.29) is 17.4 Å². The van der Waals surface area contributed by atoms with Crippen molar-refractivity contribution in [3.05, 3.63) is 92.4 Å². The van der Waals surface area contributed by atoms with E-state index in [4.69, 9.17) is 9.82 Å². The Morgan fingerprint density at radius 3 is 2.64 bits per heavy atom. The summed E-state index contributed by atoms with van der Waals surface area (Å²) in [6.07, 6.45) is 1.05. The van der Waals surface area contributed by atoms with E-state index >= 15 is 0 Å². The van der Waals surface area contributed by atoms with Crippen LogP contribution in [0.3, 0.4) is 0 Å². The first kappa shape index (κ1) is 24.5. The lowest BCUT2D eigenvalue weighted by atomic mass is 9.95. The average molecular weight is 512 g/mol. The van der Waals surface area contributed by atoms with Gasteiger partial charge in [0.05, 0.1) is 22.0 Å². The molecule has 1 saturated heterocycles. The van der Waals surface area contributed by atoms with Gasteiger partial charge >= 0.3 is 0 Å². The van der Waals surface area contributed by atoms with Crippen LogP contribution in [0.4, 0.5) is 8.78 Å². The molecule has 0 aliphatic carbocycles. The van der Waals surface area contributed by atoms with E-state index in [2.05, 4.69) is 5.48 Å². The van der Waals surface area contributed by atoms with Gasteiger partial charge in [0, 0.05) is 24.4 Å². The third kappa shape index (κ3) is 4.78. The van der Waals surface area contributed by atoms with Gasteiger partial charge in [-0.1, -0.05) is 29.8 Å². The van der Waals surface area contributed by atoms with Gasteiger partial charge in [0.1, 0.15) is 17.7 Å². The van der Waals surface area contributed by atoms with Crippen LogP contribution in [0.25, 0.3) is 5.70 Å². The number of thiazole rings is 1. The molecule has 188 valence electrons. The highest BCUT2D eigenvalue weighted by Crippen LogP contribution is 2.35. The van der Waals surface area contributed by atoms with Crippen molar-refractivity contribution in [1.82, 2.24) is 15.4 Å². The molecule has 3 aromatic rings. The largest absolute Gasteiger partial charge is 0.378 e. The van der Waals surface area contributed by atoms with E-state index in [0.29, 0.717) is 30.0 Å². The number of rotatable bonds is 5. The molecule has 2 aliphatic rings. The minimum atomic E-state index is -1.17. The predicted octanol–water partition coefficient (Wildman–Crippen LogP) is 5.09. The molecule has 36 heavy (non-hydrogen) atoms. The Kier molecular flexibility index (Phi) is 6.87. The van der Waals surface area contributed by atoms with Gasteiger partial charge in [0.15, 0.2) is 6.10 Å². The zero-order valence-corrected chi connectivity index (χ0v) is 20.8. The average Bonchev–Trinajstić information content (AvgIpc) is 3.55. The quantitative estimate of drug-likeness (QED) is 0.499. The third-order valence-electron chi connectivity index (χ3n) is 6.82. The fourth-order valence-corrected chi connectivity index (χ4v) is 5.71. The van der Waals surface area contributed by atoms with Crippen molar-refractivity contribution in [2.75, 3.05) is 13.1 Å². The normalized spacial score (nSPS) is 19.2. The standard InChI is InChI=1S/C27H27F2N3O3S/c1-15-6-7-16(2)18(12-15)25(33)27(34)32-10-8-17(9-11-32)26-30-22(14-36-26)21-13-23(35-31-21)24-19(28)4-3-5-20(24)29/h3-7,12-14,17,23,25,31,33H,8-11H2,1-2H3. The van der Waals surface area contributed by atoms with E-state index in [1.165, 1.54) is 29.5 Å². The van der Waals surface area contributed by atoms with Crippen molar-refractivity contribution in [1.29, 1.82) is 0 Å². The van der Waals surface area contributed by atoms with Crippen LogP contribution >= 0.6 is 11.3 Å². The molecule has 1 aromatic heterocycles. The van der Waals surface area contributed by atoms with Crippen molar-refractivity contribution in [2.24, 2.45) is 0 Å². The summed E-state index contributed by atoms with van der Waals surface area (Å²) in [6.45, 7) is 4.92. The van der Waals surface area contributed by atoms with Gasteiger partial charge < -0.3 is 10.0 Å². The first-order valence-electron chi connectivity index (χ1n) is 11.9. The fourth-order valence-electron chi connectivity index (χ4n) is 4.71. The molecule has 0 spiro atoms. The zero-order chi connectivity index (χ0) is 25.4. The number of aliphatic hydroxyl groups is 1. The molecule has 2 aromatic carbocycles. The first-order valence-corrected chi connectivity index (χ1v) is 12.8. The summed E-state index contributed by atoms with van der Waals surface area (Å²) in [5.41, 5.74) is 6.36. The lowest BCUT2D eigenvalue weighted by Gasteiger charge is -2.32. The molecule has 3 heterocycles. The molecule has 1 fully saturated rings. The van der Waals surface area contributed by atoms with Crippen LogP contribution in [0, 0.1) is 25.5 Å². The second kappa shape index (κ2) is 10.1. The number of benzene rings is 2. The molecule has 2 unspecified atom stereocenters. The molecule has 5 rings (SSSR count). The predicted molar refractivity (Wildman–Crippen MR) is 133 cm³/mol. The number of carbonyl (C=O) groups is 1. The number of aliphatic hydroxyl groups excluding tert-OH is 1. The maximum atomic E-state index is 14.1. The number of aromatic nitrogens is 1. The van der Waals surface area contributed by atoms with Crippen molar-refractivity contribution < 1.29 is 23.5 Å². The summed E-state index contributed by atoms with van der Waals surface area (Å²) >= 11 is 1.51. The number of carbonyl (C=O) groups excluding carboxylic acids is 1. The third-order valence-corrected chi connectivity index (χ3v) is 7.82. The number of amides is 1. The monoisotopic (exact) mass is 511 g/mol. The molecule has 9 heteroatoms. The summed E-state index contributed by atoms with van der Waals surface area (Å²) in [5, 5.41) is 13.5. The molecule has 0 bridgehead atoms. The highest BCUT2D eigenvalue weighted by Gasteiger charge is 2.31. The second-order valence-electron chi connectivity index (χ2n) is 9.29. The highest BCUT2D eigenvalue weighted by molar-refractivity contribution is 7.09. The smallest absolute Gasteiger partial charge is 0.256 e. The SMILES string of the molecule is Cc1ccc(C)c(C(O)C(=O)N2CCC(c3nc(C4=CC(c5c(F)cccc5F)ON4)cs3)CC2)c1. The van der Waals surface area contributed by atoms with Gasteiger partial charge in [0.25, 0.3) is 5.91 Å². The van der Waals surface area contributed by atoms with E-state index in [1.807, 2.05) is 37.4 Å². The summed E-state index contributed by atoms with van der Waals surface area (Å²) < 4.78 is 28.2. The van der Waals surface area contributed by atoms with Gasteiger partial charge in [-0.3, -0.25) is 15.1 Å². The van der Waals surface area contributed by atoms with Gasteiger partial charge in [-0.2, -0.15) is 0 Å². The molecule has 0 saturated carbocycles. The van der Waals surface area contributed by atoms with E-state index in [9.17, 15) is 18.7 Å². The number of hydrogen-bond acceptors (Lipinski definition) is 6. The van der Waals surface area contributed by atoms with Crippen LogP contribution in [-0.2, 0) is 9.63 Å². The van der Waals surface area contributed by atoms with Crippen LogP contribution < -0.4 is 5.48 Å². The summed E-state index contributed by atoms with van der Waals surface area (Å²) in [5.74, 6) is -1.41. The van der Waals surface area contributed by atoms with E-state index in [0.717, 1.165) is 29.0 Å². The summed E-state index contributed by atoms with van der Waals surface area (Å²) in [4.78, 5) is 24.8. The minimum absolute atomic E-state index is 0.143. The molecule has 2 aliphatic heterocycles. The van der Waals surface area contributed by atoms with E-state index < -0.39 is 23.8 Å². The van der Waals surface area contributed by atoms with Gasteiger partial charge in [-0.05, 0) is 56.0 Å².